The Morgan fingerprint density at radius 1 is 0.667 bits per heavy atom. The number of aliphatic hydroxyl groups is 8. The van der Waals surface area contributed by atoms with Crippen molar-refractivity contribution < 1.29 is 59.8 Å². The van der Waals surface area contributed by atoms with Gasteiger partial charge in [0.2, 0.25) is 0 Å². The molecule has 0 bridgehead atoms. The molecule has 2 saturated heterocycles. The van der Waals surface area contributed by atoms with Crippen LogP contribution in [-0.2, 0) is 18.9 Å². The summed E-state index contributed by atoms with van der Waals surface area (Å²) in [4.78, 5) is 0. The summed E-state index contributed by atoms with van der Waals surface area (Å²) in [6, 6.07) is 0. The molecule has 0 aromatic heterocycles. The van der Waals surface area contributed by atoms with Crippen molar-refractivity contribution in [1.82, 2.24) is 0 Å². The summed E-state index contributed by atoms with van der Waals surface area (Å²) in [5, 5.41) is 85.4. The topological polar surface area (TPSA) is 199 Å². The summed E-state index contributed by atoms with van der Waals surface area (Å²) in [7, 11) is 0. The van der Waals surface area contributed by atoms with Crippen LogP contribution in [-0.4, -0.2) is 128 Å². The first kappa shape index (κ1) is 42.6. The molecule has 54 heavy (non-hydrogen) atoms. The van der Waals surface area contributed by atoms with Gasteiger partial charge in [-0.05, 0) is 117 Å². The predicted octanol–water partition coefficient (Wildman–Crippen LogP) is 2.95. The van der Waals surface area contributed by atoms with Crippen molar-refractivity contribution in [3.63, 3.8) is 0 Å². The maximum absolute atomic E-state index is 12.1. The third kappa shape index (κ3) is 6.89. The van der Waals surface area contributed by atoms with Gasteiger partial charge < -0.3 is 59.8 Å². The first-order chi connectivity index (χ1) is 25.3. The van der Waals surface area contributed by atoms with E-state index in [0.717, 1.165) is 44.9 Å². The number of fused-ring (bicyclic) bond motifs is 5. The van der Waals surface area contributed by atoms with E-state index in [2.05, 4.69) is 67.5 Å². The van der Waals surface area contributed by atoms with Crippen LogP contribution in [0, 0.1) is 45.3 Å². The van der Waals surface area contributed by atoms with E-state index in [1.807, 2.05) is 0 Å². The molecule has 0 amide bonds. The lowest BCUT2D eigenvalue weighted by molar-refractivity contribution is -0.378. The quantitative estimate of drug-likeness (QED) is 0.126. The highest BCUT2D eigenvalue weighted by atomic mass is 16.8. The van der Waals surface area contributed by atoms with Gasteiger partial charge in [-0.25, -0.2) is 0 Å². The Balaban J connectivity index is 1.23. The molecule has 6 aliphatic rings. The molecular weight excluding hydrogens is 696 g/mol. The molecule has 4 aliphatic carbocycles. The number of hydrogen-bond donors (Lipinski definition) is 8. The monoisotopic (exact) mass is 766 g/mol. The molecule has 0 radical (unpaired) electrons. The van der Waals surface area contributed by atoms with Crippen LogP contribution in [0.4, 0.5) is 0 Å². The Labute approximate surface area is 321 Å². The first-order valence-corrected chi connectivity index (χ1v) is 20.5. The summed E-state index contributed by atoms with van der Waals surface area (Å²) < 4.78 is 24.4. The van der Waals surface area contributed by atoms with Crippen LogP contribution in [0.2, 0.25) is 0 Å². The highest BCUT2D eigenvalue weighted by Crippen LogP contribution is 2.75. The SMILES string of the molecule is CC(C)=CC/C=C(\C)[C@H]1CC[C@]2(C)[C@@H]1[C@H](O)C[C@@H]1[C@@]3(C)CC[C@@H](O[C@H]4O[C@H](CO)[C@@H](O)[C@H](O)[C@H]4O[C@H]4O[C@H](CO)[C@@H](O)[C@H](O)[C@H]4O)C(C)(C)[C@@H]3CC[C@]12C. The van der Waals surface area contributed by atoms with E-state index in [1.54, 1.807) is 0 Å². The average Bonchev–Trinajstić information content (AvgIpc) is 3.49. The van der Waals surface area contributed by atoms with Crippen molar-refractivity contribution in [2.75, 3.05) is 13.2 Å². The van der Waals surface area contributed by atoms with E-state index < -0.39 is 80.0 Å². The summed E-state index contributed by atoms with van der Waals surface area (Å²) in [6.07, 6.45) is -3.65. The van der Waals surface area contributed by atoms with Gasteiger partial charge in [0.25, 0.3) is 0 Å². The number of hydrogen-bond acceptors (Lipinski definition) is 12. The zero-order valence-corrected chi connectivity index (χ0v) is 33.7. The fourth-order valence-corrected chi connectivity index (χ4v) is 12.9. The molecule has 0 spiro atoms. The van der Waals surface area contributed by atoms with Gasteiger partial charge >= 0.3 is 0 Å². The van der Waals surface area contributed by atoms with Gasteiger partial charge in [-0.3, -0.25) is 0 Å². The first-order valence-electron chi connectivity index (χ1n) is 20.5. The molecule has 6 fully saturated rings. The maximum Gasteiger partial charge on any atom is 0.187 e. The zero-order valence-electron chi connectivity index (χ0n) is 33.7. The summed E-state index contributed by atoms with van der Waals surface area (Å²) in [5.41, 5.74) is 2.29. The van der Waals surface area contributed by atoms with Crippen molar-refractivity contribution >= 4 is 0 Å². The van der Waals surface area contributed by atoms with Crippen molar-refractivity contribution in [2.45, 2.75) is 180 Å². The number of rotatable bonds is 9. The van der Waals surface area contributed by atoms with Gasteiger partial charge in [0.1, 0.15) is 48.8 Å². The van der Waals surface area contributed by atoms with Crippen LogP contribution < -0.4 is 0 Å². The molecule has 19 atom stereocenters. The number of allylic oxidation sites excluding steroid dienone is 4. The highest BCUT2D eigenvalue weighted by molar-refractivity contribution is 5.23. The van der Waals surface area contributed by atoms with Crippen LogP contribution in [0.3, 0.4) is 0 Å². The van der Waals surface area contributed by atoms with Crippen molar-refractivity contribution in [3.8, 4) is 0 Å². The Kier molecular flexibility index (Phi) is 12.3. The third-order valence-corrected chi connectivity index (χ3v) is 16.1. The van der Waals surface area contributed by atoms with E-state index in [1.165, 1.54) is 11.1 Å². The van der Waals surface area contributed by atoms with Crippen LogP contribution in [0.1, 0.15) is 107 Å². The molecule has 0 aromatic carbocycles. The summed E-state index contributed by atoms with van der Waals surface area (Å²) in [5.74, 6) is 1.14. The van der Waals surface area contributed by atoms with Crippen molar-refractivity contribution in [3.05, 3.63) is 23.3 Å². The second-order valence-corrected chi connectivity index (χ2v) is 19.4. The Morgan fingerprint density at radius 2 is 1.28 bits per heavy atom. The summed E-state index contributed by atoms with van der Waals surface area (Å²) in [6.45, 7) is 17.1. The molecule has 8 N–H and O–H groups in total. The van der Waals surface area contributed by atoms with Crippen LogP contribution in [0.25, 0.3) is 0 Å². The lowest BCUT2D eigenvalue weighted by Crippen LogP contribution is -2.67. The molecule has 12 heteroatoms. The lowest BCUT2D eigenvalue weighted by atomic mass is 9.35. The third-order valence-electron chi connectivity index (χ3n) is 16.1. The van der Waals surface area contributed by atoms with Crippen LogP contribution in [0.5, 0.6) is 0 Å². The average molecular weight is 767 g/mol. The number of ether oxygens (including phenoxy) is 4. The summed E-state index contributed by atoms with van der Waals surface area (Å²) >= 11 is 0. The van der Waals surface area contributed by atoms with E-state index in [9.17, 15) is 40.9 Å². The molecular formula is C42H70O12. The van der Waals surface area contributed by atoms with Crippen LogP contribution >= 0.6 is 0 Å². The fraction of sp³-hybridized carbons (Fsp3) is 0.905. The number of aliphatic hydroxyl groups excluding tert-OH is 8. The largest absolute Gasteiger partial charge is 0.394 e. The predicted molar refractivity (Wildman–Crippen MR) is 199 cm³/mol. The van der Waals surface area contributed by atoms with E-state index in [-0.39, 0.29) is 40.3 Å². The fourth-order valence-electron chi connectivity index (χ4n) is 12.9. The lowest BCUT2D eigenvalue weighted by Gasteiger charge is -2.70. The maximum atomic E-state index is 12.1. The van der Waals surface area contributed by atoms with Gasteiger partial charge in [-0.15, -0.1) is 0 Å². The molecule has 310 valence electrons. The minimum absolute atomic E-state index is 0.00171. The minimum Gasteiger partial charge on any atom is -0.394 e. The molecule has 12 nitrogen and oxygen atoms in total. The second-order valence-electron chi connectivity index (χ2n) is 19.4. The van der Waals surface area contributed by atoms with E-state index >= 15 is 0 Å². The highest BCUT2D eigenvalue weighted by Gasteiger charge is 2.70. The molecule has 4 saturated carbocycles. The minimum atomic E-state index is -1.74. The van der Waals surface area contributed by atoms with Gasteiger partial charge in [0.15, 0.2) is 12.6 Å². The molecule has 2 aliphatic heterocycles. The van der Waals surface area contributed by atoms with Crippen molar-refractivity contribution in [1.29, 1.82) is 0 Å². The van der Waals surface area contributed by atoms with Crippen LogP contribution in [0.15, 0.2) is 23.3 Å². The van der Waals surface area contributed by atoms with E-state index in [4.69, 9.17) is 18.9 Å². The smallest absolute Gasteiger partial charge is 0.187 e. The Morgan fingerprint density at radius 3 is 1.91 bits per heavy atom. The zero-order chi connectivity index (χ0) is 39.7. The van der Waals surface area contributed by atoms with Gasteiger partial charge in [0.05, 0.1) is 25.4 Å². The van der Waals surface area contributed by atoms with E-state index in [0.29, 0.717) is 18.3 Å². The van der Waals surface area contributed by atoms with Gasteiger partial charge in [-0.1, -0.05) is 57.9 Å². The Bertz CT molecular complexity index is 1380. The van der Waals surface area contributed by atoms with Crippen molar-refractivity contribution in [2.24, 2.45) is 45.3 Å². The Hall–Kier alpha value is -1.00. The van der Waals surface area contributed by atoms with Gasteiger partial charge in [-0.2, -0.15) is 0 Å². The molecule has 2 heterocycles. The van der Waals surface area contributed by atoms with Gasteiger partial charge in [0, 0.05) is 0 Å². The second kappa shape index (κ2) is 15.6. The molecule has 0 aromatic rings. The molecule has 6 rings (SSSR count). The normalized spacial score (nSPS) is 51.9. The molecule has 0 unspecified atom stereocenters. The standard InChI is InChI=1S/C42H70O12/c1-21(2)10-9-11-22(3)23-12-16-42(8)30(23)24(45)18-28-40(6)15-14-29(39(4,5)27(40)13-17-41(28,42)7)53-38-36(34(49)32(47)26(20-44)52-38)54-37-35(50)33(48)31(46)25(19-43)51-37/h10-11,23-38,43-50H,9,12-20H2,1-8H3/b22-11+/t23-,24-,25-,26-,27+,28-,29-,30+,31-,32-,33+,34+,35-,36-,37-,38-,40+,41-,42-/m1/s1.